The Morgan fingerprint density at radius 2 is 1.94 bits per heavy atom. The van der Waals surface area contributed by atoms with E-state index in [4.69, 9.17) is 25.6 Å². The first-order valence-electron chi connectivity index (χ1n) is 9.99. The highest BCUT2D eigenvalue weighted by atomic mass is 35.5. The van der Waals surface area contributed by atoms with Crippen LogP contribution in [0.5, 0.6) is 11.5 Å². The van der Waals surface area contributed by atoms with Crippen LogP contribution < -0.4 is 14.4 Å². The summed E-state index contributed by atoms with van der Waals surface area (Å²) in [5.41, 5.74) is 1.23. The number of amides is 1. The molecule has 0 N–H and O–H groups in total. The summed E-state index contributed by atoms with van der Waals surface area (Å²) in [4.78, 5) is 18.6. The molecule has 1 atom stereocenters. The van der Waals surface area contributed by atoms with Crippen LogP contribution in [0.15, 0.2) is 40.9 Å². The first-order valence-corrected chi connectivity index (χ1v) is 10.4. The van der Waals surface area contributed by atoms with Crippen molar-refractivity contribution in [3.05, 3.63) is 53.1 Å². The lowest BCUT2D eigenvalue weighted by Gasteiger charge is -2.16. The second-order valence-corrected chi connectivity index (χ2v) is 7.40. The molecule has 3 aromatic rings. The summed E-state index contributed by atoms with van der Waals surface area (Å²) in [6.07, 6.45) is 0.224. The van der Waals surface area contributed by atoms with Crippen LogP contribution >= 0.6 is 11.6 Å². The summed E-state index contributed by atoms with van der Waals surface area (Å²) in [5.74, 6) is 1.11. The fourth-order valence-electron chi connectivity index (χ4n) is 3.49. The predicted octanol–water partition coefficient (Wildman–Crippen LogP) is 4.85. The number of rotatable bonds is 7. The van der Waals surface area contributed by atoms with Gasteiger partial charge in [-0.2, -0.15) is 4.98 Å². The maximum absolute atomic E-state index is 13.4. The Kier molecular flexibility index (Phi) is 6.08. The molecule has 7 nitrogen and oxygen atoms in total. The van der Waals surface area contributed by atoms with Crippen molar-refractivity contribution in [2.24, 2.45) is 0 Å². The molecule has 4 rings (SSSR count). The van der Waals surface area contributed by atoms with Gasteiger partial charge in [0.25, 0.3) is 5.89 Å². The van der Waals surface area contributed by atoms with E-state index >= 15 is 0 Å². The Bertz CT molecular complexity index is 1100. The molecule has 1 aromatic heterocycles. The Balaban J connectivity index is 1.54. The lowest BCUT2D eigenvalue weighted by Crippen LogP contribution is -2.24. The molecule has 2 heterocycles. The summed E-state index contributed by atoms with van der Waals surface area (Å²) in [6, 6.07) is 9.61. The number of halogens is 2. The van der Waals surface area contributed by atoms with E-state index in [1.165, 1.54) is 18.2 Å². The Hall–Kier alpha value is -3.13. The molecule has 1 aliphatic rings. The monoisotopic (exact) mass is 445 g/mol. The molecule has 9 heteroatoms. The highest BCUT2D eigenvalue weighted by Crippen LogP contribution is 2.35. The molecule has 2 aromatic carbocycles. The molecule has 0 radical (unpaired) electrons. The zero-order valence-electron chi connectivity index (χ0n) is 17.1. The quantitative estimate of drug-likeness (QED) is 0.517. The van der Waals surface area contributed by atoms with Gasteiger partial charge in [0, 0.05) is 30.1 Å². The number of carbonyl (C=O) groups is 1. The SMILES string of the molecule is CCOc1ccc(-c2nc([C@@H]3CC(=O)N(c4ccc(F)c(Cl)c4)C3)no2)cc1OCC. The Morgan fingerprint density at radius 3 is 2.68 bits per heavy atom. The minimum Gasteiger partial charge on any atom is -0.490 e. The van der Waals surface area contributed by atoms with E-state index in [1.54, 1.807) is 17.0 Å². The van der Waals surface area contributed by atoms with Crippen molar-refractivity contribution < 1.29 is 23.2 Å². The van der Waals surface area contributed by atoms with Crippen LogP contribution in [-0.4, -0.2) is 35.8 Å². The number of hydrogen-bond acceptors (Lipinski definition) is 6. The maximum Gasteiger partial charge on any atom is 0.258 e. The average molecular weight is 446 g/mol. The van der Waals surface area contributed by atoms with Crippen LogP contribution in [0.1, 0.15) is 32.0 Å². The molecule has 1 aliphatic heterocycles. The van der Waals surface area contributed by atoms with Gasteiger partial charge in [0.15, 0.2) is 17.3 Å². The van der Waals surface area contributed by atoms with Crippen molar-refractivity contribution in [2.45, 2.75) is 26.2 Å². The molecule has 1 fully saturated rings. The zero-order chi connectivity index (χ0) is 22.0. The molecule has 0 unspecified atom stereocenters. The first kappa shape index (κ1) is 21.1. The highest BCUT2D eigenvalue weighted by Gasteiger charge is 2.35. The van der Waals surface area contributed by atoms with Crippen molar-refractivity contribution in [2.75, 3.05) is 24.7 Å². The molecule has 31 heavy (non-hydrogen) atoms. The summed E-state index contributed by atoms with van der Waals surface area (Å²) in [7, 11) is 0. The van der Waals surface area contributed by atoms with Crippen LogP contribution in [0.2, 0.25) is 5.02 Å². The van der Waals surface area contributed by atoms with Gasteiger partial charge in [-0.3, -0.25) is 4.79 Å². The van der Waals surface area contributed by atoms with Gasteiger partial charge in [0.2, 0.25) is 5.91 Å². The van der Waals surface area contributed by atoms with E-state index in [9.17, 15) is 9.18 Å². The molecular weight excluding hydrogens is 425 g/mol. The molecule has 1 saturated heterocycles. The van der Waals surface area contributed by atoms with E-state index in [1.807, 2.05) is 19.9 Å². The van der Waals surface area contributed by atoms with Crippen LogP contribution in [0.4, 0.5) is 10.1 Å². The van der Waals surface area contributed by atoms with Crippen molar-refractivity contribution in [1.82, 2.24) is 10.1 Å². The lowest BCUT2D eigenvalue weighted by atomic mass is 10.1. The van der Waals surface area contributed by atoms with Gasteiger partial charge in [-0.05, 0) is 50.2 Å². The van der Waals surface area contributed by atoms with E-state index < -0.39 is 5.82 Å². The summed E-state index contributed by atoms with van der Waals surface area (Å²) in [6.45, 7) is 5.17. The Morgan fingerprint density at radius 1 is 1.16 bits per heavy atom. The van der Waals surface area contributed by atoms with E-state index in [0.29, 0.717) is 54.2 Å². The minimum absolute atomic E-state index is 0.0313. The normalized spacial score (nSPS) is 16.1. The number of benzene rings is 2. The van der Waals surface area contributed by atoms with E-state index in [-0.39, 0.29) is 23.3 Å². The molecule has 0 saturated carbocycles. The van der Waals surface area contributed by atoms with Gasteiger partial charge in [-0.25, -0.2) is 4.39 Å². The van der Waals surface area contributed by atoms with Crippen molar-refractivity contribution in [3.8, 4) is 23.0 Å². The number of hydrogen-bond donors (Lipinski definition) is 0. The third-order valence-electron chi connectivity index (χ3n) is 4.94. The van der Waals surface area contributed by atoms with Crippen molar-refractivity contribution in [1.29, 1.82) is 0 Å². The molecule has 0 bridgehead atoms. The van der Waals surface area contributed by atoms with Crippen LogP contribution in [0.25, 0.3) is 11.5 Å². The zero-order valence-corrected chi connectivity index (χ0v) is 17.9. The fraction of sp³-hybridized carbons (Fsp3) is 0.318. The van der Waals surface area contributed by atoms with Crippen LogP contribution in [0, 0.1) is 5.82 Å². The summed E-state index contributed by atoms with van der Waals surface area (Å²) < 4.78 is 30.1. The van der Waals surface area contributed by atoms with Crippen LogP contribution in [-0.2, 0) is 4.79 Å². The fourth-order valence-corrected chi connectivity index (χ4v) is 3.66. The van der Waals surface area contributed by atoms with E-state index in [0.717, 1.165) is 0 Å². The number of carbonyl (C=O) groups excluding carboxylic acids is 1. The minimum atomic E-state index is -0.529. The first-order chi connectivity index (χ1) is 15.0. The van der Waals surface area contributed by atoms with E-state index in [2.05, 4.69) is 10.1 Å². The Labute approximate surface area is 183 Å². The second-order valence-electron chi connectivity index (χ2n) is 6.99. The van der Waals surface area contributed by atoms with Gasteiger partial charge in [0.05, 0.1) is 18.2 Å². The smallest absolute Gasteiger partial charge is 0.258 e. The molecule has 1 amide bonds. The largest absolute Gasteiger partial charge is 0.490 e. The van der Waals surface area contributed by atoms with Gasteiger partial charge in [-0.15, -0.1) is 0 Å². The number of nitrogens with zero attached hydrogens (tertiary/aromatic N) is 3. The summed E-state index contributed by atoms with van der Waals surface area (Å²) >= 11 is 5.86. The van der Waals surface area contributed by atoms with Crippen LogP contribution in [0.3, 0.4) is 0 Å². The molecule has 0 aliphatic carbocycles. The predicted molar refractivity (Wildman–Crippen MR) is 113 cm³/mol. The second kappa shape index (κ2) is 8.93. The van der Waals surface area contributed by atoms with Gasteiger partial charge >= 0.3 is 0 Å². The average Bonchev–Trinajstić information content (AvgIpc) is 3.39. The molecular formula is C22H21ClFN3O4. The van der Waals surface area contributed by atoms with Gasteiger partial charge in [-0.1, -0.05) is 16.8 Å². The third kappa shape index (κ3) is 4.34. The highest BCUT2D eigenvalue weighted by molar-refractivity contribution is 6.31. The standard InChI is InChI=1S/C22H21ClFN3O4/c1-3-29-18-8-5-13(9-19(18)30-4-2)22-25-21(26-31-22)14-10-20(28)27(12-14)15-6-7-17(24)16(23)11-15/h5-9,11,14H,3-4,10,12H2,1-2H3/t14-/m1/s1. The molecule has 0 spiro atoms. The van der Waals surface area contributed by atoms with Crippen molar-refractivity contribution >= 4 is 23.2 Å². The lowest BCUT2D eigenvalue weighted by molar-refractivity contribution is -0.117. The molecule has 162 valence electrons. The van der Waals surface area contributed by atoms with Crippen molar-refractivity contribution in [3.63, 3.8) is 0 Å². The third-order valence-corrected chi connectivity index (χ3v) is 5.23. The number of anilines is 1. The number of aromatic nitrogens is 2. The number of ether oxygens (including phenoxy) is 2. The van der Waals surface area contributed by atoms with Gasteiger partial charge < -0.3 is 18.9 Å². The maximum atomic E-state index is 13.4. The van der Waals surface area contributed by atoms with Gasteiger partial charge in [0.1, 0.15) is 5.82 Å². The topological polar surface area (TPSA) is 77.7 Å². The summed E-state index contributed by atoms with van der Waals surface area (Å²) in [5, 5.41) is 4.05.